The quantitative estimate of drug-likeness (QED) is 0.842. The summed E-state index contributed by atoms with van der Waals surface area (Å²) < 4.78 is 3.62. The Morgan fingerprint density at radius 3 is 2.80 bits per heavy atom. The summed E-state index contributed by atoms with van der Waals surface area (Å²) in [6.07, 6.45) is 3.98. The summed E-state index contributed by atoms with van der Waals surface area (Å²) in [5.74, 6) is -1.27. The molecule has 0 aliphatic heterocycles. The Morgan fingerprint density at radius 1 is 1.40 bits per heavy atom. The highest BCUT2D eigenvalue weighted by atomic mass is 32.1. The van der Waals surface area contributed by atoms with Crippen LogP contribution in [0.25, 0.3) is 6.08 Å². The number of aromatic nitrogens is 2. The van der Waals surface area contributed by atoms with E-state index in [2.05, 4.69) is 14.9 Å². The van der Waals surface area contributed by atoms with Gasteiger partial charge in [-0.3, -0.25) is 4.79 Å². The molecule has 0 saturated carbocycles. The molecule has 2 aromatic rings. The number of anilines is 1. The normalized spacial score (nSPS) is 10.7. The maximum absolute atomic E-state index is 11.8. The molecule has 0 bridgehead atoms. The summed E-state index contributed by atoms with van der Waals surface area (Å²) in [5, 5.41) is 14.9. The van der Waals surface area contributed by atoms with Gasteiger partial charge < -0.3 is 10.4 Å². The molecule has 0 radical (unpaired) electrons. The summed E-state index contributed by atoms with van der Waals surface area (Å²) in [4.78, 5) is 22.7. The van der Waals surface area contributed by atoms with Crippen molar-refractivity contribution in [3.8, 4) is 0 Å². The number of carbonyl (C=O) groups excluding carboxylic acids is 1. The SMILES string of the molecule is Cc1cc(NC(=O)c2cnns2)ccc1C=CC(=O)O. The number of carboxylic acid groups (broad SMARTS) is 1. The van der Waals surface area contributed by atoms with Crippen LogP contribution in [0.1, 0.15) is 20.8 Å². The van der Waals surface area contributed by atoms with Crippen LogP contribution >= 0.6 is 11.5 Å². The minimum atomic E-state index is -1.00. The first-order chi connectivity index (χ1) is 9.56. The predicted octanol–water partition coefficient (Wildman–Crippen LogP) is 2.20. The number of rotatable bonds is 4. The topological polar surface area (TPSA) is 92.2 Å². The summed E-state index contributed by atoms with van der Waals surface area (Å²) in [6.45, 7) is 1.84. The summed E-state index contributed by atoms with van der Waals surface area (Å²) in [7, 11) is 0. The molecular formula is C13H11N3O3S. The Balaban J connectivity index is 2.13. The maximum Gasteiger partial charge on any atom is 0.328 e. The highest BCUT2D eigenvalue weighted by molar-refractivity contribution is 7.07. The van der Waals surface area contributed by atoms with Crippen molar-refractivity contribution in [2.45, 2.75) is 6.92 Å². The second kappa shape index (κ2) is 6.07. The van der Waals surface area contributed by atoms with Gasteiger partial charge in [-0.05, 0) is 47.8 Å². The molecule has 0 unspecified atom stereocenters. The van der Waals surface area contributed by atoms with Crippen LogP contribution in [0.4, 0.5) is 5.69 Å². The second-order valence-corrected chi connectivity index (χ2v) is 4.76. The van der Waals surface area contributed by atoms with E-state index in [0.29, 0.717) is 10.6 Å². The molecule has 102 valence electrons. The zero-order chi connectivity index (χ0) is 14.5. The van der Waals surface area contributed by atoms with Crippen LogP contribution in [0.5, 0.6) is 0 Å². The van der Waals surface area contributed by atoms with Crippen molar-refractivity contribution in [2.75, 3.05) is 5.32 Å². The Kier molecular flexibility index (Phi) is 4.21. The average molecular weight is 289 g/mol. The van der Waals surface area contributed by atoms with Gasteiger partial charge in [-0.15, -0.1) is 5.10 Å². The molecule has 1 amide bonds. The number of aryl methyl sites for hydroxylation is 1. The van der Waals surface area contributed by atoms with Gasteiger partial charge in [0.25, 0.3) is 5.91 Å². The number of nitrogens with zero attached hydrogens (tertiary/aromatic N) is 2. The molecule has 0 fully saturated rings. The van der Waals surface area contributed by atoms with Crippen molar-refractivity contribution in [3.63, 3.8) is 0 Å². The summed E-state index contributed by atoms with van der Waals surface area (Å²) in [6, 6.07) is 5.23. The molecule has 7 heteroatoms. The molecule has 1 aromatic heterocycles. The molecule has 20 heavy (non-hydrogen) atoms. The second-order valence-electron chi connectivity index (χ2n) is 3.98. The van der Waals surface area contributed by atoms with Crippen LogP contribution < -0.4 is 5.32 Å². The lowest BCUT2D eigenvalue weighted by molar-refractivity contribution is -0.131. The Labute approximate surface area is 118 Å². The first-order valence-electron chi connectivity index (χ1n) is 5.66. The van der Waals surface area contributed by atoms with E-state index in [1.807, 2.05) is 6.92 Å². The Bertz CT molecular complexity index is 666. The van der Waals surface area contributed by atoms with Gasteiger partial charge in [-0.2, -0.15) is 0 Å². The van der Waals surface area contributed by atoms with Crippen LogP contribution in [-0.4, -0.2) is 26.6 Å². The summed E-state index contributed by atoms with van der Waals surface area (Å²) >= 11 is 1.02. The van der Waals surface area contributed by atoms with Crippen LogP contribution in [0.15, 0.2) is 30.5 Å². The fraction of sp³-hybridized carbons (Fsp3) is 0.0769. The molecule has 0 saturated heterocycles. The smallest absolute Gasteiger partial charge is 0.328 e. The number of carbonyl (C=O) groups is 2. The molecule has 1 heterocycles. The van der Waals surface area contributed by atoms with Gasteiger partial charge in [0.05, 0.1) is 6.20 Å². The van der Waals surface area contributed by atoms with Crippen molar-refractivity contribution < 1.29 is 14.7 Å². The number of aliphatic carboxylic acids is 1. The predicted molar refractivity (Wildman–Crippen MR) is 75.7 cm³/mol. The molecule has 1 aromatic carbocycles. The van der Waals surface area contributed by atoms with Crippen molar-refractivity contribution >= 4 is 35.2 Å². The lowest BCUT2D eigenvalue weighted by Gasteiger charge is -2.06. The van der Waals surface area contributed by atoms with E-state index < -0.39 is 5.97 Å². The largest absolute Gasteiger partial charge is 0.478 e. The van der Waals surface area contributed by atoms with E-state index in [9.17, 15) is 9.59 Å². The highest BCUT2D eigenvalue weighted by Gasteiger charge is 2.09. The molecule has 6 nitrogen and oxygen atoms in total. The van der Waals surface area contributed by atoms with Gasteiger partial charge in [-0.1, -0.05) is 10.6 Å². The number of carboxylic acids is 1. The average Bonchev–Trinajstić information content (AvgIpc) is 2.91. The number of nitrogens with one attached hydrogen (secondary N) is 1. The van der Waals surface area contributed by atoms with Gasteiger partial charge in [0.15, 0.2) is 0 Å². The van der Waals surface area contributed by atoms with Crippen LogP contribution in [0, 0.1) is 6.92 Å². The first kappa shape index (κ1) is 13.9. The third-order valence-corrected chi connectivity index (χ3v) is 3.18. The number of benzene rings is 1. The summed E-state index contributed by atoms with van der Waals surface area (Å²) in [5.41, 5.74) is 2.28. The first-order valence-corrected chi connectivity index (χ1v) is 6.44. The van der Waals surface area contributed by atoms with E-state index in [4.69, 9.17) is 5.11 Å². The van der Waals surface area contributed by atoms with Crippen molar-refractivity contribution in [2.24, 2.45) is 0 Å². The highest BCUT2D eigenvalue weighted by Crippen LogP contribution is 2.17. The minimum Gasteiger partial charge on any atom is -0.478 e. The van der Waals surface area contributed by atoms with E-state index in [-0.39, 0.29) is 5.91 Å². The molecule has 2 rings (SSSR count). The van der Waals surface area contributed by atoms with Gasteiger partial charge >= 0.3 is 5.97 Å². The lowest BCUT2D eigenvalue weighted by Crippen LogP contribution is -2.10. The number of hydrogen-bond acceptors (Lipinski definition) is 5. The van der Waals surface area contributed by atoms with Gasteiger partial charge in [0.1, 0.15) is 4.88 Å². The number of amides is 1. The standard InChI is InChI=1S/C13H11N3O3S/c1-8-6-10(4-2-9(8)3-5-12(17)18)15-13(19)11-7-14-16-20-11/h2-7H,1H3,(H,15,19)(H,17,18). The van der Waals surface area contributed by atoms with Gasteiger partial charge in [0, 0.05) is 11.8 Å². The number of hydrogen-bond donors (Lipinski definition) is 2. The zero-order valence-corrected chi connectivity index (χ0v) is 11.3. The molecule has 0 atom stereocenters. The van der Waals surface area contributed by atoms with Crippen LogP contribution in [0.3, 0.4) is 0 Å². The van der Waals surface area contributed by atoms with Crippen molar-refractivity contribution in [1.82, 2.24) is 9.59 Å². The van der Waals surface area contributed by atoms with E-state index in [0.717, 1.165) is 28.7 Å². The molecule has 0 spiro atoms. The van der Waals surface area contributed by atoms with E-state index >= 15 is 0 Å². The molecule has 0 aliphatic rings. The van der Waals surface area contributed by atoms with E-state index in [1.165, 1.54) is 12.3 Å². The molecule has 2 N–H and O–H groups in total. The van der Waals surface area contributed by atoms with E-state index in [1.54, 1.807) is 18.2 Å². The van der Waals surface area contributed by atoms with Crippen molar-refractivity contribution in [1.29, 1.82) is 0 Å². The Morgan fingerprint density at radius 2 is 2.20 bits per heavy atom. The molecule has 0 aliphatic carbocycles. The molecular weight excluding hydrogens is 278 g/mol. The lowest BCUT2D eigenvalue weighted by atomic mass is 10.1. The Hall–Kier alpha value is -2.54. The third-order valence-electron chi connectivity index (χ3n) is 2.52. The monoisotopic (exact) mass is 289 g/mol. The third kappa shape index (κ3) is 3.48. The zero-order valence-electron chi connectivity index (χ0n) is 10.5. The van der Waals surface area contributed by atoms with Crippen LogP contribution in [-0.2, 0) is 4.79 Å². The van der Waals surface area contributed by atoms with Gasteiger partial charge in [-0.25, -0.2) is 4.79 Å². The van der Waals surface area contributed by atoms with Crippen LogP contribution in [0.2, 0.25) is 0 Å². The van der Waals surface area contributed by atoms with Crippen molar-refractivity contribution in [3.05, 3.63) is 46.5 Å². The maximum atomic E-state index is 11.8. The fourth-order valence-corrected chi connectivity index (χ4v) is 1.97. The van der Waals surface area contributed by atoms with Gasteiger partial charge in [0.2, 0.25) is 0 Å². The minimum absolute atomic E-state index is 0.270. The fourth-order valence-electron chi connectivity index (χ4n) is 1.56.